The number of piperidine rings is 1. The highest BCUT2D eigenvalue weighted by molar-refractivity contribution is 7.15. The van der Waals surface area contributed by atoms with Crippen molar-refractivity contribution in [3.63, 3.8) is 0 Å². The number of aliphatic hydroxyl groups excluding tert-OH is 1. The molecule has 106 valence electrons. The van der Waals surface area contributed by atoms with E-state index in [0.717, 1.165) is 49.1 Å². The van der Waals surface area contributed by atoms with Crippen molar-refractivity contribution in [1.82, 2.24) is 4.98 Å². The van der Waals surface area contributed by atoms with E-state index in [9.17, 15) is 5.11 Å². The molecule has 2 heterocycles. The van der Waals surface area contributed by atoms with Crippen LogP contribution in [0.5, 0.6) is 0 Å². The summed E-state index contributed by atoms with van der Waals surface area (Å²) in [4.78, 5) is 8.48. The summed E-state index contributed by atoms with van der Waals surface area (Å²) in [7, 11) is 0. The number of hydrogen-bond donors (Lipinski definition) is 1. The highest BCUT2D eigenvalue weighted by atomic mass is 32.1. The third kappa shape index (κ3) is 2.79. The lowest BCUT2D eigenvalue weighted by Crippen LogP contribution is -2.33. The predicted molar refractivity (Wildman–Crippen MR) is 79.9 cm³/mol. The molecule has 4 heteroatoms. The van der Waals surface area contributed by atoms with Crippen LogP contribution in [0.25, 0.3) is 0 Å². The van der Waals surface area contributed by atoms with Crippen molar-refractivity contribution in [2.45, 2.75) is 58.0 Å². The van der Waals surface area contributed by atoms with Crippen LogP contribution in [0.15, 0.2) is 0 Å². The summed E-state index contributed by atoms with van der Waals surface area (Å²) in [5, 5.41) is 11.2. The van der Waals surface area contributed by atoms with Crippen molar-refractivity contribution in [1.29, 1.82) is 0 Å². The molecular weight excluding hydrogens is 256 g/mol. The van der Waals surface area contributed by atoms with E-state index in [1.54, 1.807) is 0 Å². The van der Waals surface area contributed by atoms with E-state index in [4.69, 9.17) is 4.98 Å². The molecular formula is C15H24N2OS. The van der Waals surface area contributed by atoms with E-state index in [2.05, 4.69) is 11.8 Å². The fourth-order valence-corrected chi connectivity index (χ4v) is 4.55. The Labute approximate surface area is 119 Å². The molecule has 1 aromatic heterocycles. The fourth-order valence-electron chi connectivity index (χ4n) is 3.34. The Morgan fingerprint density at radius 1 is 1.32 bits per heavy atom. The SMILES string of the molecule is CCCC1CCN(c2nc3c(s2)CCCC3O)CC1. The van der Waals surface area contributed by atoms with Gasteiger partial charge in [0.25, 0.3) is 0 Å². The number of aliphatic hydroxyl groups is 1. The van der Waals surface area contributed by atoms with Crippen molar-refractivity contribution >= 4 is 16.5 Å². The maximum Gasteiger partial charge on any atom is 0.185 e. The van der Waals surface area contributed by atoms with Crippen molar-refractivity contribution < 1.29 is 5.11 Å². The molecule has 19 heavy (non-hydrogen) atoms. The molecule has 1 N–H and O–H groups in total. The van der Waals surface area contributed by atoms with Crippen LogP contribution in [-0.4, -0.2) is 23.2 Å². The highest BCUT2D eigenvalue weighted by Crippen LogP contribution is 2.37. The number of aryl methyl sites for hydroxylation is 1. The van der Waals surface area contributed by atoms with Gasteiger partial charge in [-0.1, -0.05) is 19.8 Å². The molecule has 0 bridgehead atoms. The molecule has 0 spiro atoms. The molecule has 1 atom stereocenters. The van der Waals surface area contributed by atoms with Crippen LogP contribution in [0.1, 0.15) is 62.1 Å². The van der Waals surface area contributed by atoms with Crippen molar-refractivity contribution in [3.8, 4) is 0 Å². The second-order valence-electron chi connectivity index (χ2n) is 5.93. The maximum absolute atomic E-state index is 10.0. The lowest BCUT2D eigenvalue weighted by atomic mass is 9.93. The molecule has 1 saturated heterocycles. The van der Waals surface area contributed by atoms with Crippen molar-refractivity contribution in [3.05, 3.63) is 10.6 Å². The van der Waals surface area contributed by atoms with Crippen LogP contribution in [0, 0.1) is 5.92 Å². The summed E-state index contributed by atoms with van der Waals surface area (Å²) in [6.45, 7) is 4.57. The van der Waals surface area contributed by atoms with Gasteiger partial charge in [-0.25, -0.2) is 4.98 Å². The lowest BCUT2D eigenvalue weighted by Gasteiger charge is -2.31. The highest BCUT2D eigenvalue weighted by Gasteiger charge is 2.26. The average molecular weight is 280 g/mol. The zero-order chi connectivity index (χ0) is 13.2. The molecule has 1 aliphatic carbocycles. The summed E-state index contributed by atoms with van der Waals surface area (Å²) < 4.78 is 0. The van der Waals surface area contributed by atoms with Crippen molar-refractivity contribution in [2.24, 2.45) is 5.92 Å². The molecule has 1 aliphatic heterocycles. The largest absolute Gasteiger partial charge is 0.387 e. The summed E-state index contributed by atoms with van der Waals surface area (Å²) in [5.41, 5.74) is 0.974. The molecule has 1 aromatic rings. The van der Waals surface area contributed by atoms with Crippen molar-refractivity contribution in [2.75, 3.05) is 18.0 Å². The first kappa shape index (κ1) is 13.4. The summed E-state index contributed by atoms with van der Waals surface area (Å²) in [6.07, 6.45) is 8.08. The number of rotatable bonds is 3. The third-order valence-corrected chi connectivity index (χ3v) is 5.69. The van der Waals surface area contributed by atoms with E-state index in [-0.39, 0.29) is 6.10 Å². The van der Waals surface area contributed by atoms with Crippen LogP contribution in [0.3, 0.4) is 0 Å². The first-order valence-corrected chi connectivity index (χ1v) is 8.52. The normalized spacial score (nSPS) is 24.5. The van der Waals surface area contributed by atoms with Crippen LogP contribution >= 0.6 is 11.3 Å². The molecule has 3 rings (SSSR count). The summed E-state index contributed by atoms with van der Waals surface area (Å²) in [5.74, 6) is 0.918. The van der Waals surface area contributed by atoms with E-state index in [1.807, 2.05) is 11.3 Å². The minimum absolute atomic E-state index is 0.314. The molecule has 3 nitrogen and oxygen atoms in total. The zero-order valence-corrected chi connectivity index (χ0v) is 12.6. The molecule has 0 amide bonds. The molecule has 1 unspecified atom stereocenters. The second kappa shape index (κ2) is 5.80. The van der Waals surface area contributed by atoms with E-state index in [1.165, 1.54) is 30.6 Å². The monoisotopic (exact) mass is 280 g/mol. The first-order valence-electron chi connectivity index (χ1n) is 7.70. The number of thiazole rings is 1. The quantitative estimate of drug-likeness (QED) is 0.920. The van der Waals surface area contributed by atoms with Gasteiger partial charge in [0.1, 0.15) is 0 Å². The maximum atomic E-state index is 10.0. The van der Waals surface area contributed by atoms with Crippen LogP contribution in [0.4, 0.5) is 5.13 Å². The minimum atomic E-state index is -0.314. The Hall–Kier alpha value is -0.610. The smallest absolute Gasteiger partial charge is 0.185 e. The van der Waals surface area contributed by atoms with Gasteiger partial charge in [0.15, 0.2) is 5.13 Å². The molecule has 2 aliphatic rings. The Morgan fingerprint density at radius 2 is 2.11 bits per heavy atom. The van der Waals surface area contributed by atoms with Gasteiger partial charge in [-0.3, -0.25) is 0 Å². The topological polar surface area (TPSA) is 36.4 Å². The second-order valence-corrected chi connectivity index (χ2v) is 6.99. The van der Waals surface area contributed by atoms with Gasteiger partial charge in [0.05, 0.1) is 11.8 Å². The van der Waals surface area contributed by atoms with Gasteiger partial charge < -0.3 is 10.0 Å². The van der Waals surface area contributed by atoms with Gasteiger partial charge in [0.2, 0.25) is 0 Å². The van der Waals surface area contributed by atoms with Gasteiger partial charge in [-0.2, -0.15) is 0 Å². The number of fused-ring (bicyclic) bond motifs is 1. The number of anilines is 1. The van der Waals surface area contributed by atoms with E-state index in [0.29, 0.717) is 0 Å². The Morgan fingerprint density at radius 3 is 2.79 bits per heavy atom. The first-order chi connectivity index (χ1) is 9.28. The van der Waals surface area contributed by atoms with Crippen LogP contribution < -0.4 is 4.90 Å². The van der Waals surface area contributed by atoms with Crippen LogP contribution in [-0.2, 0) is 6.42 Å². The fraction of sp³-hybridized carbons (Fsp3) is 0.800. The van der Waals surface area contributed by atoms with Gasteiger partial charge in [0, 0.05) is 18.0 Å². The molecule has 1 fully saturated rings. The third-order valence-electron chi connectivity index (χ3n) is 4.50. The molecule has 0 radical (unpaired) electrons. The number of aromatic nitrogens is 1. The van der Waals surface area contributed by atoms with Gasteiger partial charge >= 0.3 is 0 Å². The van der Waals surface area contributed by atoms with Gasteiger partial charge in [-0.15, -0.1) is 11.3 Å². The van der Waals surface area contributed by atoms with E-state index < -0.39 is 0 Å². The standard InChI is InChI=1S/C15H24N2OS/c1-2-4-11-7-9-17(10-8-11)15-16-14-12(18)5-3-6-13(14)19-15/h11-12,18H,2-10H2,1H3. The minimum Gasteiger partial charge on any atom is -0.387 e. The van der Waals surface area contributed by atoms with Crippen LogP contribution in [0.2, 0.25) is 0 Å². The number of nitrogens with zero attached hydrogens (tertiary/aromatic N) is 2. The Kier molecular flexibility index (Phi) is 4.08. The predicted octanol–water partition coefficient (Wildman–Crippen LogP) is 3.53. The lowest BCUT2D eigenvalue weighted by molar-refractivity contribution is 0.153. The zero-order valence-electron chi connectivity index (χ0n) is 11.8. The molecule has 0 saturated carbocycles. The summed E-state index contributed by atoms with van der Waals surface area (Å²) in [6, 6.07) is 0. The van der Waals surface area contributed by atoms with E-state index >= 15 is 0 Å². The molecule has 0 aromatic carbocycles. The Bertz CT molecular complexity index is 424. The van der Waals surface area contributed by atoms with Gasteiger partial charge in [-0.05, 0) is 38.0 Å². The Balaban J connectivity index is 1.67. The summed E-state index contributed by atoms with van der Waals surface area (Å²) >= 11 is 1.81. The number of hydrogen-bond acceptors (Lipinski definition) is 4. The average Bonchev–Trinajstić information content (AvgIpc) is 2.85.